The monoisotopic (exact) mass is 251 g/mol. The zero-order valence-electron chi connectivity index (χ0n) is 11.5. The zero-order chi connectivity index (χ0) is 13.1. The molecule has 1 nitrogen and oxygen atoms in total. The van der Waals surface area contributed by atoms with E-state index in [1.54, 1.807) is 0 Å². The molecule has 1 aliphatic rings. The Balaban J connectivity index is 1.74. The minimum absolute atomic E-state index is 0.500. The van der Waals surface area contributed by atoms with E-state index >= 15 is 0 Å². The van der Waals surface area contributed by atoms with Crippen LogP contribution in [0.5, 0.6) is 0 Å². The van der Waals surface area contributed by atoms with E-state index in [9.17, 15) is 0 Å². The summed E-state index contributed by atoms with van der Waals surface area (Å²) in [6.45, 7) is 2.28. The van der Waals surface area contributed by atoms with Gasteiger partial charge in [-0.15, -0.1) is 0 Å². The Hall–Kier alpha value is -1.60. The Morgan fingerprint density at radius 1 is 1.00 bits per heavy atom. The largest absolute Gasteiger partial charge is 0.307 e. The van der Waals surface area contributed by atoms with Crippen LogP contribution in [0.2, 0.25) is 0 Å². The molecule has 2 aromatic rings. The first kappa shape index (κ1) is 12.4. The second-order valence-electron chi connectivity index (χ2n) is 5.55. The molecule has 0 radical (unpaired) electrons. The van der Waals surface area contributed by atoms with Crippen molar-refractivity contribution in [1.29, 1.82) is 0 Å². The van der Waals surface area contributed by atoms with Gasteiger partial charge in [-0.05, 0) is 42.9 Å². The first-order valence-corrected chi connectivity index (χ1v) is 7.21. The van der Waals surface area contributed by atoms with Gasteiger partial charge in [0.05, 0.1) is 0 Å². The van der Waals surface area contributed by atoms with Gasteiger partial charge in [-0.25, -0.2) is 0 Å². The van der Waals surface area contributed by atoms with Crippen LogP contribution >= 0.6 is 0 Å². The highest BCUT2D eigenvalue weighted by Gasteiger charge is 2.22. The van der Waals surface area contributed by atoms with Crippen LogP contribution in [-0.4, -0.2) is 6.04 Å². The Morgan fingerprint density at radius 3 is 2.58 bits per heavy atom. The highest BCUT2D eigenvalue weighted by Crippen LogP contribution is 2.28. The topological polar surface area (TPSA) is 12.0 Å². The van der Waals surface area contributed by atoms with Crippen molar-refractivity contribution in [3.63, 3.8) is 0 Å². The van der Waals surface area contributed by atoms with E-state index in [0.29, 0.717) is 12.1 Å². The van der Waals surface area contributed by atoms with Gasteiger partial charge >= 0.3 is 0 Å². The van der Waals surface area contributed by atoms with Crippen molar-refractivity contribution >= 4 is 0 Å². The van der Waals surface area contributed by atoms with Gasteiger partial charge in [0.15, 0.2) is 0 Å². The summed E-state index contributed by atoms with van der Waals surface area (Å²) in [5.41, 5.74) is 4.45. The molecule has 1 heteroatoms. The highest BCUT2D eigenvalue weighted by molar-refractivity contribution is 5.33. The van der Waals surface area contributed by atoms with E-state index < -0.39 is 0 Å². The molecule has 0 saturated carbocycles. The number of hydrogen-bond donors (Lipinski definition) is 1. The van der Waals surface area contributed by atoms with Crippen molar-refractivity contribution in [1.82, 2.24) is 5.32 Å². The van der Waals surface area contributed by atoms with E-state index in [1.807, 2.05) is 0 Å². The molecule has 1 N–H and O–H groups in total. The van der Waals surface area contributed by atoms with Crippen molar-refractivity contribution in [2.24, 2.45) is 0 Å². The molecule has 0 spiro atoms. The van der Waals surface area contributed by atoms with Gasteiger partial charge in [-0.3, -0.25) is 0 Å². The second-order valence-corrected chi connectivity index (χ2v) is 5.55. The van der Waals surface area contributed by atoms with E-state index in [-0.39, 0.29) is 0 Å². The lowest BCUT2D eigenvalue weighted by Gasteiger charge is -2.31. The lowest BCUT2D eigenvalue weighted by molar-refractivity contribution is 0.404. The molecule has 2 atom stereocenters. The summed E-state index contributed by atoms with van der Waals surface area (Å²) in [6.07, 6.45) is 3.46. The molecule has 0 saturated heterocycles. The van der Waals surface area contributed by atoms with Crippen molar-refractivity contribution in [2.45, 2.75) is 38.3 Å². The summed E-state index contributed by atoms with van der Waals surface area (Å²) in [4.78, 5) is 0. The standard InChI is InChI=1S/C18H21N/c1-14-13-16-9-5-6-10-17(16)18(19-14)12-11-15-7-3-2-4-8-15/h2-10,14,18-19H,11-13H2,1H3/t14-,18+/m1/s1. The number of fused-ring (bicyclic) bond motifs is 1. The van der Waals surface area contributed by atoms with Crippen LogP contribution in [0.4, 0.5) is 0 Å². The molecular weight excluding hydrogens is 230 g/mol. The van der Waals surface area contributed by atoms with Gasteiger partial charge in [-0.2, -0.15) is 0 Å². The SMILES string of the molecule is C[C@@H]1Cc2ccccc2[C@H](CCc2ccccc2)N1. The molecule has 1 aliphatic heterocycles. The Kier molecular flexibility index (Phi) is 3.65. The van der Waals surface area contributed by atoms with Gasteiger partial charge in [0, 0.05) is 12.1 Å². The summed E-state index contributed by atoms with van der Waals surface area (Å²) < 4.78 is 0. The third-order valence-electron chi connectivity index (χ3n) is 4.01. The summed E-state index contributed by atoms with van der Waals surface area (Å²) in [5, 5.41) is 3.74. The molecule has 19 heavy (non-hydrogen) atoms. The van der Waals surface area contributed by atoms with E-state index in [4.69, 9.17) is 0 Å². The molecular formula is C18H21N. The Labute approximate surface area is 115 Å². The van der Waals surface area contributed by atoms with Gasteiger partial charge < -0.3 is 5.32 Å². The predicted octanol–water partition coefficient (Wildman–Crippen LogP) is 3.89. The van der Waals surface area contributed by atoms with Crippen LogP contribution in [-0.2, 0) is 12.8 Å². The third kappa shape index (κ3) is 2.87. The minimum atomic E-state index is 0.500. The lowest BCUT2D eigenvalue weighted by atomic mass is 9.88. The first-order valence-electron chi connectivity index (χ1n) is 7.21. The quantitative estimate of drug-likeness (QED) is 0.872. The molecule has 3 rings (SSSR count). The zero-order valence-corrected chi connectivity index (χ0v) is 11.5. The average Bonchev–Trinajstić information content (AvgIpc) is 2.45. The number of hydrogen-bond acceptors (Lipinski definition) is 1. The lowest BCUT2D eigenvalue weighted by Crippen LogP contribution is -2.37. The molecule has 0 aromatic heterocycles. The number of nitrogens with one attached hydrogen (secondary N) is 1. The van der Waals surface area contributed by atoms with Gasteiger partial charge in [0.2, 0.25) is 0 Å². The second kappa shape index (κ2) is 5.58. The fourth-order valence-electron chi connectivity index (χ4n) is 3.08. The summed E-state index contributed by atoms with van der Waals surface area (Å²) >= 11 is 0. The molecule has 0 amide bonds. The molecule has 0 unspecified atom stereocenters. The number of aryl methyl sites for hydroxylation is 1. The summed E-state index contributed by atoms with van der Waals surface area (Å²) in [7, 11) is 0. The molecule has 1 heterocycles. The Morgan fingerprint density at radius 2 is 1.74 bits per heavy atom. The molecule has 0 bridgehead atoms. The van der Waals surface area contributed by atoms with Crippen LogP contribution in [0.3, 0.4) is 0 Å². The third-order valence-corrected chi connectivity index (χ3v) is 4.01. The van der Waals surface area contributed by atoms with E-state index in [1.165, 1.54) is 23.1 Å². The fourth-order valence-corrected chi connectivity index (χ4v) is 3.08. The molecule has 98 valence electrons. The van der Waals surface area contributed by atoms with Crippen molar-refractivity contribution < 1.29 is 0 Å². The average molecular weight is 251 g/mol. The Bertz CT molecular complexity index is 532. The summed E-state index contributed by atoms with van der Waals surface area (Å²) in [5.74, 6) is 0. The predicted molar refractivity (Wildman–Crippen MR) is 80.2 cm³/mol. The van der Waals surface area contributed by atoms with Crippen molar-refractivity contribution in [3.8, 4) is 0 Å². The van der Waals surface area contributed by atoms with Crippen LogP contribution in [0, 0.1) is 0 Å². The van der Waals surface area contributed by atoms with Gasteiger partial charge in [0.1, 0.15) is 0 Å². The van der Waals surface area contributed by atoms with Crippen LogP contribution in [0.15, 0.2) is 54.6 Å². The van der Waals surface area contributed by atoms with Crippen LogP contribution in [0.1, 0.15) is 36.1 Å². The maximum atomic E-state index is 3.74. The smallest absolute Gasteiger partial charge is 0.0328 e. The van der Waals surface area contributed by atoms with Gasteiger partial charge in [0.25, 0.3) is 0 Å². The highest BCUT2D eigenvalue weighted by atomic mass is 15.0. The maximum absolute atomic E-state index is 3.74. The number of benzene rings is 2. The first-order chi connectivity index (χ1) is 9.33. The molecule has 0 aliphatic carbocycles. The normalized spacial score (nSPS) is 21.9. The molecule has 2 aromatic carbocycles. The van der Waals surface area contributed by atoms with E-state index in [2.05, 4.69) is 66.8 Å². The van der Waals surface area contributed by atoms with Crippen LogP contribution < -0.4 is 5.32 Å². The maximum Gasteiger partial charge on any atom is 0.0328 e. The van der Waals surface area contributed by atoms with E-state index in [0.717, 1.165) is 12.8 Å². The van der Waals surface area contributed by atoms with Crippen molar-refractivity contribution in [2.75, 3.05) is 0 Å². The molecule has 0 fully saturated rings. The summed E-state index contributed by atoms with van der Waals surface area (Å²) in [6, 6.07) is 20.7. The van der Waals surface area contributed by atoms with Crippen molar-refractivity contribution in [3.05, 3.63) is 71.3 Å². The fraction of sp³-hybridized carbons (Fsp3) is 0.333. The van der Waals surface area contributed by atoms with Gasteiger partial charge in [-0.1, -0.05) is 54.6 Å². The van der Waals surface area contributed by atoms with Crippen LogP contribution in [0.25, 0.3) is 0 Å². The minimum Gasteiger partial charge on any atom is -0.307 e. The number of rotatable bonds is 3.